The van der Waals surface area contributed by atoms with Gasteiger partial charge in [0.15, 0.2) is 0 Å². The monoisotopic (exact) mass is 150 g/mol. The summed E-state index contributed by atoms with van der Waals surface area (Å²) in [5.74, 6) is 0.639. The highest BCUT2D eigenvalue weighted by atomic mass is 16.6. The number of rotatable bonds is 3. The lowest BCUT2D eigenvalue weighted by Crippen LogP contribution is -2.10. The molecule has 0 bridgehead atoms. The van der Waals surface area contributed by atoms with Crippen molar-refractivity contribution in [2.75, 3.05) is 0 Å². The van der Waals surface area contributed by atoms with E-state index < -0.39 is 6.29 Å². The van der Waals surface area contributed by atoms with Gasteiger partial charge in [-0.1, -0.05) is 24.8 Å². The highest BCUT2D eigenvalue weighted by Gasteiger charge is 1.97. The summed E-state index contributed by atoms with van der Waals surface area (Å²) in [6, 6.07) is 9.10. The molecule has 0 fully saturated rings. The molecule has 0 aliphatic rings. The second-order valence-electron chi connectivity index (χ2n) is 2.06. The van der Waals surface area contributed by atoms with E-state index in [0.29, 0.717) is 5.75 Å². The molecule has 1 aromatic rings. The first-order valence-electron chi connectivity index (χ1n) is 3.35. The van der Waals surface area contributed by atoms with Gasteiger partial charge in [-0.05, 0) is 18.2 Å². The van der Waals surface area contributed by atoms with Crippen LogP contribution in [0.1, 0.15) is 0 Å². The molecular formula is C9H10O2. The molecule has 0 saturated heterocycles. The largest absolute Gasteiger partial charge is 0.461 e. The van der Waals surface area contributed by atoms with Crippen LogP contribution in [-0.2, 0) is 0 Å². The third-order valence-corrected chi connectivity index (χ3v) is 1.20. The standard InChI is InChI=1S/C9H10O2/c1-2-9(10)11-8-6-4-3-5-7-8/h2-7,9-10H,1H2. The van der Waals surface area contributed by atoms with E-state index in [1.165, 1.54) is 6.08 Å². The lowest BCUT2D eigenvalue weighted by molar-refractivity contribution is 0.0251. The number of para-hydroxylation sites is 1. The quantitative estimate of drug-likeness (QED) is 0.523. The minimum absolute atomic E-state index is 0.639. The van der Waals surface area contributed by atoms with E-state index in [9.17, 15) is 0 Å². The maximum atomic E-state index is 8.97. The fourth-order valence-electron chi connectivity index (χ4n) is 0.687. The van der Waals surface area contributed by atoms with Crippen molar-refractivity contribution < 1.29 is 9.84 Å². The molecule has 1 atom stereocenters. The van der Waals surface area contributed by atoms with E-state index in [-0.39, 0.29) is 0 Å². The minimum Gasteiger partial charge on any atom is -0.461 e. The SMILES string of the molecule is C=CC(O)Oc1ccccc1. The zero-order valence-electron chi connectivity index (χ0n) is 6.10. The van der Waals surface area contributed by atoms with Crippen molar-refractivity contribution in [2.45, 2.75) is 6.29 Å². The Balaban J connectivity index is 2.57. The average molecular weight is 150 g/mol. The summed E-state index contributed by atoms with van der Waals surface area (Å²) in [4.78, 5) is 0. The van der Waals surface area contributed by atoms with Gasteiger partial charge in [0.1, 0.15) is 5.75 Å². The van der Waals surface area contributed by atoms with Gasteiger partial charge in [-0.25, -0.2) is 0 Å². The van der Waals surface area contributed by atoms with Gasteiger partial charge >= 0.3 is 0 Å². The predicted molar refractivity (Wildman–Crippen MR) is 43.3 cm³/mol. The molecule has 0 radical (unpaired) electrons. The molecule has 0 aliphatic carbocycles. The summed E-state index contributed by atoms with van der Waals surface area (Å²) in [7, 11) is 0. The lowest BCUT2D eigenvalue weighted by Gasteiger charge is -2.07. The maximum Gasteiger partial charge on any atom is 0.216 e. The van der Waals surface area contributed by atoms with Gasteiger partial charge in [0.2, 0.25) is 6.29 Å². The van der Waals surface area contributed by atoms with Crippen LogP contribution in [0.25, 0.3) is 0 Å². The number of benzene rings is 1. The predicted octanol–water partition coefficient (Wildman–Crippen LogP) is 1.57. The molecule has 1 unspecified atom stereocenters. The van der Waals surface area contributed by atoms with Crippen LogP contribution in [0.3, 0.4) is 0 Å². The van der Waals surface area contributed by atoms with E-state index in [2.05, 4.69) is 6.58 Å². The van der Waals surface area contributed by atoms with Crippen molar-refractivity contribution in [3.05, 3.63) is 43.0 Å². The van der Waals surface area contributed by atoms with Gasteiger partial charge in [-0.2, -0.15) is 0 Å². The molecule has 58 valence electrons. The van der Waals surface area contributed by atoms with Crippen LogP contribution in [0, 0.1) is 0 Å². The normalized spacial score (nSPS) is 12.1. The molecule has 11 heavy (non-hydrogen) atoms. The zero-order chi connectivity index (χ0) is 8.10. The molecule has 0 spiro atoms. The van der Waals surface area contributed by atoms with E-state index in [1.54, 1.807) is 12.1 Å². The van der Waals surface area contributed by atoms with Gasteiger partial charge in [0.05, 0.1) is 0 Å². The highest BCUT2D eigenvalue weighted by molar-refractivity contribution is 5.21. The number of hydrogen-bond acceptors (Lipinski definition) is 2. The van der Waals surface area contributed by atoms with E-state index in [1.807, 2.05) is 18.2 Å². The molecule has 1 N–H and O–H groups in total. The van der Waals surface area contributed by atoms with Crippen molar-refractivity contribution in [1.29, 1.82) is 0 Å². The Hall–Kier alpha value is -1.28. The Kier molecular flexibility index (Phi) is 2.69. The van der Waals surface area contributed by atoms with Crippen molar-refractivity contribution in [3.8, 4) is 5.75 Å². The molecule has 2 nitrogen and oxygen atoms in total. The molecule has 1 aromatic carbocycles. The van der Waals surface area contributed by atoms with Crippen molar-refractivity contribution >= 4 is 0 Å². The average Bonchev–Trinajstić information content (AvgIpc) is 2.06. The molecule has 0 amide bonds. The second-order valence-corrected chi connectivity index (χ2v) is 2.06. The lowest BCUT2D eigenvalue weighted by atomic mass is 10.3. The van der Waals surface area contributed by atoms with Gasteiger partial charge in [-0.15, -0.1) is 0 Å². The Morgan fingerprint density at radius 3 is 2.55 bits per heavy atom. The molecule has 0 aromatic heterocycles. The van der Waals surface area contributed by atoms with Gasteiger partial charge in [-0.3, -0.25) is 0 Å². The van der Waals surface area contributed by atoms with Crippen molar-refractivity contribution in [3.63, 3.8) is 0 Å². The topological polar surface area (TPSA) is 29.5 Å². The van der Waals surface area contributed by atoms with E-state index >= 15 is 0 Å². The third kappa shape index (κ3) is 2.43. The van der Waals surface area contributed by atoms with E-state index in [0.717, 1.165) is 0 Å². The Bertz CT molecular complexity index is 218. The Morgan fingerprint density at radius 1 is 1.36 bits per heavy atom. The first-order valence-corrected chi connectivity index (χ1v) is 3.35. The number of hydrogen-bond donors (Lipinski definition) is 1. The van der Waals surface area contributed by atoms with Crippen LogP contribution in [0.4, 0.5) is 0 Å². The fraction of sp³-hybridized carbons (Fsp3) is 0.111. The van der Waals surface area contributed by atoms with Gasteiger partial charge in [0, 0.05) is 0 Å². The number of aliphatic hydroxyl groups is 1. The molecule has 0 saturated carbocycles. The summed E-state index contributed by atoms with van der Waals surface area (Å²) in [5.41, 5.74) is 0. The van der Waals surface area contributed by atoms with Crippen molar-refractivity contribution in [2.24, 2.45) is 0 Å². The number of aliphatic hydroxyl groups excluding tert-OH is 1. The molecule has 1 rings (SSSR count). The molecular weight excluding hydrogens is 140 g/mol. The summed E-state index contributed by atoms with van der Waals surface area (Å²) in [6.07, 6.45) is 0.407. The molecule has 0 heterocycles. The summed E-state index contributed by atoms with van der Waals surface area (Å²) in [5, 5.41) is 8.97. The maximum absolute atomic E-state index is 8.97. The third-order valence-electron chi connectivity index (χ3n) is 1.20. The molecule has 0 aliphatic heterocycles. The smallest absolute Gasteiger partial charge is 0.216 e. The fourth-order valence-corrected chi connectivity index (χ4v) is 0.687. The van der Waals surface area contributed by atoms with Gasteiger partial charge in [0.25, 0.3) is 0 Å². The first kappa shape index (κ1) is 7.82. The van der Waals surface area contributed by atoms with Gasteiger partial charge < -0.3 is 9.84 Å². The summed E-state index contributed by atoms with van der Waals surface area (Å²) >= 11 is 0. The number of ether oxygens (including phenoxy) is 1. The van der Waals surface area contributed by atoms with Crippen LogP contribution in [0.15, 0.2) is 43.0 Å². The minimum atomic E-state index is -0.919. The second kappa shape index (κ2) is 3.78. The highest BCUT2D eigenvalue weighted by Crippen LogP contribution is 2.09. The van der Waals surface area contributed by atoms with Crippen molar-refractivity contribution in [1.82, 2.24) is 0 Å². The summed E-state index contributed by atoms with van der Waals surface area (Å²) in [6.45, 7) is 3.38. The van der Waals surface area contributed by atoms with Crippen LogP contribution in [-0.4, -0.2) is 11.4 Å². The van der Waals surface area contributed by atoms with Crippen LogP contribution in [0.2, 0.25) is 0 Å². The van der Waals surface area contributed by atoms with E-state index in [4.69, 9.17) is 9.84 Å². The zero-order valence-corrected chi connectivity index (χ0v) is 6.10. The molecule has 2 heteroatoms. The van der Waals surface area contributed by atoms with Crippen LogP contribution in [0.5, 0.6) is 5.75 Å². The summed E-state index contributed by atoms with van der Waals surface area (Å²) < 4.78 is 5.00. The Labute approximate surface area is 65.7 Å². The van der Waals surface area contributed by atoms with Crippen LogP contribution < -0.4 is 4.74 Å². The Morgan fingerprint density at radius 2 is 2.00 bits per heavy atom. The first-order chi connectivity index (χ1) is 5.33. The van der Waals surface area contributed by atoms with Crippen LogP contribution >= 0.6 is 0 Å².